The summed E-state index contributed by atoms with van der Waals surface area (Å²) in [6.45, 7) is 4.60. The van der Waals surface area contributed by atoms with Gasteiger partial charge >= 0.3 is 0 Å². The van der Waals surface area contributed by atoms with Crippen molar-refractivity contribution in [3.05, 3.63) is 193 Å². The van der Waals surface area contributed by atoms with E-state index in [0.29, 0.717) is 23.4 Å². The van der Waals surface area contributed by atoms with Gasteiger partial charge in [-0.2, -0.15) is 0 Å². The van der Waals surface area contributed by atoms with Gasteiger partial charge in [0.15, 0.2) is 23.1 Å². The zero-order valence-corrected chi connectivity index (χ0v) is 32.0. The van der Waals surface area contributed by atoms with Crippen LogP contribution < -0.4 is 0 Å². The van der Waals surface area contributed by atoms with Crippen LogP contribution in [0.1, 0.15) is 25.0 Å². The van der Waals surface area contributed by atoms with Crippen molar-refractivity contribution in [3.63, 3.8) is 0 Å². The largest absolute Gasteiger partial charge is 0.435 e. The Hall–Kier alpha value is -7.50. The second-order valence-corrected chi connectivity index (χ2v) is 15.4. The molecule has 274 valence electrons. The van der Waals surface area contributed by atoms with E-state index in [1.165, 1.54) is 22.3 Å². The molecule has 11 rings (SSSR count). The molecular weight excluding hydrogens is 709 g/mol. The van der Waals surface area contributed by atoms with Gasteiger partial charge in [-0.15, -0.1) is 0 Å². The van der Waals surface area contributed by atoms with Crippen molar-refractivity contribution in [2.45, 2.75) is 19.3 Å². The molecular formula is C53H36N4O. The summed E-state index contributed by atoms with van der Waals surface area (Å²) in [5, 5.41) is 2.13. The Kier molecular flexibility index (Phi) is 7.76. The number of rotatable bonds is 6. The van der Waals surface area contributed by atoms with E-state index in [1.54, 1.807) is 0 Å². The summed E-state index contributed by atoms with van der Waals surface area (Å²) in [6, 6.07) is 63.2. The number of nitrogens with zero attached hydrogens (tertiary/aromatic N) is 4. The summed E-state index contributed by atoms with van der Waals surface area (Å²) in [5.41, 5.74) is 14.7. The van der Waals surface area contributed by atoms with Crippen LogP contribution in [0.5, 0.6) is 0 Å². The summed E-state index contributed by atoms with van der Waals surface area (Å²) in [4.78, 5) is 20.5. The number of fused-ring (bicyclic) bond motifs is 6. The lowest BCUT2D eigenvalue weighted by Gasteiger charge is -2.21. The van der Waals surface area contributed by atoms with E-state index >= 15 is 0 Å². The molecule has 0 saturated heterocycles. The van der Waals surface area contributed by atoms with Crippen molar-refractivity contribution in [3.8, 4) is 79.0 Å². The molecule has 5 heteroatoms. The molecule has 2 aromatic heterocycles. The fourth-order valence-electron chi connectivity index (χ4n) is 8.66. The molecule has 1 aliphatic rings. The Balaban J connectivity index is 1.05. The number of hydrogen-bond donors (Lipinski definition) is 0. The van der Waals surface area contributed by atoms with Crippen LogP contribution in [-0.4, -0.2) is 19.9 Å². The van der Waals surface area contributed by atoms with Gasteiger partial charge in [0.05, 0.1) is 0 Å². The van der Waals surface area contributed by atoms with Gasteiger partial charge in [-0.3, -0.25) is 0 Å². The maximum absolute atomic E-state index is 6.50. The van der Waals surface area contributed by atoms with Gasteiger partial charge in [0.25, 0.3) is 0 Å². The molecule has 0 radical (unpaired) electrons. The van der Waals surface area contributed by atoms with Gasteiger partial charge in [-0.05, 0) is 74.2 Å². The summed E-state index contributed by atoms with van der Waals surface area (Å²) in [5.74, 6) is 2.48. The van der Waals surface area contributed by atoms with E-state index in [2.05, 4.69) is 147 Å². The SMILES string of the molecule is CC1(C)c2ccccc2-c2cc(-c3nc(-c4ccc(-c5cccc6ccc7nc(-c8ccccc8)oc7c56)cc4)nc(-c4ccccc4-c4ccccc4)n3)ccc21. The topological polar surface area (TPSA) is 64.7 Å². The summed E-state index contributed by atoms with van der Waals surface area (Å²) < 4.78 is 6.50. The van der Waals surface area contributed by atoms with Gasteiger partial charge < -0.3 is 4.42 Å². The van der Waals surface area contributed by atoms with E-state index in [1.807, 2.05) is 48.5 Å². The molecule has 0 saturated carbocycles. The Morgan fingerprint density at radius 2 is 0.948 bits per heavy atom. The zero-order valence-electron chi connectivity index (χ0n) is 32.0. The minimum Gasteiger partial charge on any atom is -0.435 e. The highest BCUT2D eigenvalue weighted by atomic mass is 16.3. The van der Waals surface area contributed by atoms with Gasteiger partial charge in [-0.25, -0.2) is 19.9 Å². The van der Waals surface area contributed by atoms with Gasteiger partial charge in [0, 0.05) is 33.1 Å². The van der Waals surface area contributed by atoms with Crippen molar-refractivity contribution < 1.29 is 4.42 Å². The number of aromatic nitrogens is 4. The van der Waals surface area contributed by atoms with Crippen LogP contribution in [0.3, 0.4) is 0 Å². The van der Waals surface area contributed by atoms with Crippen molar-refractivity contribution in [1.29, 1.82) is 0 Å². The lowest BCUT2D eigenvalue weighted by molar-refractivity contribution is 0.623. The summed E-state index contributed by atoms with van der Waals surface area (Å²) >= 11 is 0. The Morgan fingerprint density at radius 3 is 1.72 bits per heavy atom. The molecule has 58 heavy (non-hydrogen) atoms. The van der Waals surface area contributed by atoms with E-state index in [-0.39, 0.29) is 5.41 Å². The van der Waals surface area contributed by atoms with Crippen LogP contribution in [0.25, 0.3) is 101 Å². The second-order valence-electron chi connectivity index (χ2n) is 15.4. The van der Waals surface area contributed by atoms with Crippen LogP contribution in [0.2, 0.25) is 0 Å². The second kappa shape index (κ2) is 13.3. The van der Waals surface area contributed by atoms with Gasteiger partial charge in [0.1, 0.15) is 5.52 Å². The average Bonchev–Trinajstić information content (AvgIpc) is 3.83. The quantitative estimate of drug-likeness (QED) is 0.170. The fourth-order valence-corrected chi connectivity index (χ4v) is 8.66. The minimum absolute atomic E-state index is 0.0935. The number of oxazole rings is 1. The number of benzene rings is 8. The Bertz CT molecular complexity index is 3190. The molecule has 0 spiro atoms. The molecule has 0 bridgehead atoms. The van der Waals surface area contributed by atoms with E-state index in [0.717, 1.165) is 66.4 Å². The third kappa shape index (κ3) is 5.54. The highest BCUT2D eigenvalue weighted by Gasteiger charge is 2.35. The zero-order chi connectivity index (χ0) is 38.8. The molecule has 0 aliphatic heterocycles. The maximum Gasteiger partial charge on any atom is 0.227 e. The van der Waals surface area contributed by atoms with Crippen molar-refractivity contribution in [1.82, 2.24) is 19.9 Å². The molecule has 0 atom stereocenters. The first-order valence-corrected chi connectivity index (χ1v) is 19.6. The molecule has 8 aromatic carbocycles. The van der Waals surface area contributed by atoms with Crippen molar-refractivity contribution >= 4 is 21.9 Å². The fraction of sp³-hybridized carbons (Fsp3) is 0.0566. The van der Waals surface area contributed by atoms with Crippen LogP contribution in [-0.2, 0) is 5.41 Å². The van der Waals surface area contributed by atoms with Crippen LogP contribution >= 0.6 is 0 Å². The van der Waals surface area contributed by atoms with Gasteiger partial charge in [-0.1, -0.05) is 172 Å². The highest BCUT2D eigenvalue weighted by Crippen LogP contribution is 2.49. The molecule has 5 nitrogen and oxygen atoms in total. The monoisotopic (exact) mass is 744 g/mol. The lowest BCUT2D eigenvalue weighted by atomic mass is 9.82. The van der Waals surface area contributed by atoms with Gasteiger partial charge in [0.2, 0.25) is 5.89 Å². The lowest BCUT2D eigenvalue weighted by Crippen LogP contribution is -2.14. The molecule has 0 unspecified atom stereocenters. The van der Waals surface area contributed by atoms with Crippen LogP contribution in [0.4, 0.5) is 0 Å². The Morgan fingerprint density at radius 1 is 0.379 bits per heavy atom. The smallest absolute Gasteiger partial charge is 0.227 e. The molecule has 0 fully saturated rings. The molecule has 2 heterocycles. The minimum atomic E-state index is -0.0935. The maximum atomic E-state index is 6.50. The normalized spacial score (nSPS) is 12.8. The summed E-state index contributed by atoms with van der Waals surface area (Å²) in [6.07, 6.45) is 0. The molecule has 1 aliphatic carbocycles. The highest BCUT2D eigenvalue weighted by molar-refractivity contribution is 6.11. The molecule has 0 N–H and O–H groups in total. The third-order valence-electron chi connectivity index (χ3n) is 11.6. The standard InChI is InChI=1S/C53H36N4O/c1-53(2)44-23-12-11-20-41(44)43-32-38(28-30-45(43)53)50-55-49(56-51(57-50)42-21-10-9-19-39(42)33-14-5-3-6-15-33)36-26-24-34(25-27-36)40-22-13-18-35-29-31-46-48(47(35)40)58-52(54-46)37-16-7-4-8-17-37/h3-32H,1-2H3. The number of hydrogen-bond acceptors (Lipinski definition) is 5. The van der Waals surface area contributed by atoms with E-state index in [9.17, 15) is 0 Å². The third-order valence-corrected chi connectivity index (χ3v) is 11.6. The van der Waals surface area contributed by atoms with E-state index < -0.39 is 0 Å². The average molecular weight is 745 g/mol. The first-order chi connectivity index (χ1) is 28.5. The van der Waals surface area contributed by atoms with Crippen LogP contribution in [0.15, 0.2) is 186 Å². The van der Waals surface area contributed by atoms with Crippen molar-refractivity contribution in [2.24, 2.45) is 0 Å². The predicted octanol–water partition coefficient (Wildman–Crippen LogP) is 13.5. The van der Waals surface area contributed by atoms with Crippen LogP contribution in [0, 0.1) is 0 Å². The first-order valence-electron chi connectivity index (χ1n) is 19.6. The van der Waals surface area contributed by atoms with Crippen molar-refractivity contribution in [2.75, 3.05) is 0 Å². The predicted molar refractivity (Wildman–Crippen MR) is 235 cm³/mol. The summed E-state index contributed by atoms with van der Waals surface area (Å²) in [7, 11) is 0. The first kappa shape index (κ1) is 33.8. The Labute approximate surface area is 336 Å². The molecule has 0 amide bonds. The van der Waals surface area contributed by atoms with E-state index in [4.69, 9.17) is 24.4 Å². The molecule has 10 aromatic rings.